The summed E-state index contributed by atoms with van der Waals surface area (Å²) in [6.45, 7) is 3.49. The molecule has 18 heavy (non-hydrogen) atoms. The molecule has 98 valence electrons. The zero-order valence-electron chi connectivity index (χ0n) is 11.3. The number of ether oxygens (including phenoxy) is 1. The molecule has 0 saturated carbocycles. The Morgan fingerprint density at radius 2 is 2.06 bits per heavy atom. The van der Waals surface area contributed by atoms with Gasteiger partial charge in [-0.1, -0.05) is 0 Å². The maximum atomic E-state index is 5.35. The second kappa shape index (κ2) is 5.22. The summed E-state index contributed by atoms with van der Waals surface area (Å²) in [4.78, 5) is 0. The molecule has 0 unspecified atom stereocenters. The lowest BCUT2D eigenvalue weighted by Gasteiger charge is -2.07. The van der Waals surface area contributed by atoms with Crippen LogP contribution in [-0.2, 0) is 27.2 Å². The van der Waals surface area contributed by atoms with E-state index in [4.69, 9.17) is 4.74 Å². The van der Waals surface area contributed by atoms with Gasteiger partial charge in [0.1, 0.15) is 0 Å². The standard InChI is InChI=1S/C12H19N5O/c1-9-11(12(18-4)17(3)15-9)8-13-7-10-5-6-14-16(10)2/h5-6,13H,7-8H2,1-4H3. The van der Waals surface area contributed by atoms with Gasteiger partial charge in [-0.15, -0.1) is 0 Å². The molecule has 0 saturated heterocycles. The van der Waals surface area contributed by atoms with Crippen LogP contribution in [0.3, 0.4) is 0 Å². The van der Waals surface area contributed by atoms with E-state index in [-0.39, 0.29) is 0 Å². The van der Waals surface area contributed by atoms with Crippen molar-refractivity contribution in [1.29, 1.82) is 0 Å². The highest BCUT2D eigenvalue weighted by molar-refractivity contribution is 5.30. The van der Waals surface area contributed by atoms with Gasteiger partial charge in [0, 0.05) is 33.4 Å². The first kappa shape index (κ1) is 12.6. The Kier molecular flexibility index (Phi) is 3.66. The van der Waals surface area contributed by atoms with Crippen molar-refractivity contribution in [3.63, 3.8) is 0 Å². The first-order chi connectivity index (χ1) is 8.63. The number of nitrogens with one attached hydrogen (secondary N) is 1. The molecule has 0 spiro atoms. The summed E-state index contributed by atoms with van der Waals surface area (Å²) in [5.74, 6) is 0.810. The predicted octanol–water partition coefficient (Wildman–Crippen LogP) is 0.760. The topological polar surface area (TPSA) is 56.9 Å². The first-order valence-corrected chi connectivity index (χ1v) is 5.87. The predicted molar refractivity (Wildman–Crippen MR) is 68.2 cm³/mol. The smallest absolute Gasteiger partial charge is 0.216 e. The van der Waals surface area contributed by atoms with Crippen molar-refractivity contribution in [2.45, 2.75) is 20.0 Å². The van der Waals surface area contributed by atoms with Crippen LogP contribution in [0.2, 0.25) is 0 Å². The molecule has 0 bridgehead atoms. The van der Waals surface area contributed by atoms with Gasteiger partial charge in [-0.05, 0) is 13.0 Å². The summed E-state index contributed by atoms with van der Waals surface area (Å²) in [6.07, 6.45) is 1.80. The fraction of sp³-hybridized carbons (Fsp3) is 0.500. The highest BCUT2D eigenvalue weighted by Gasteiger charge is 2.13. The van der Waals surface area contributed by atoms with Gasteiger partial charge in [0.25, 0.3) is 0 Å². The van der Waals surface area contributed by atoms with Crippen molar-refractivity contribution in [2.24, 2.45) is 14.1 Å². The van der Waals surface area contributed by atoms with Crippen molar-refractivity contribution < 1.29 is 4.74 Å². The molecule has 1 N–H and O–H groups in total. The summed E-state index contributed by atoms with van der Waals surface area (Å²) >= 11 is 0. The van der Waals surface area contributed by atoms with Crippen molar-refractivity contribution in [3.8, 4) is 5.88 Å². The van der Waals surface area contributed by atoms with Crippen LogP contribution < -0.4 is 10.1 Å². The van der Waals surface area contributed by atoms with Crippen LogP contribution >= 0.6 is 0 Å². The maximum absolute atomic E-state index is 5.35. The molecule has 0 atom stereocenters. The van der Waals surface area contributed by atoms with E-state index in [1.807, 2.05) is 31.8 Å². The van der Waals surface area contributed by atoms with Crippen LogP contribution in [0, 0.1) is 6.92 Å². The van der Waals surface area contributed by atoms with E-state index < -0.39 is 0 Å². The Morgan fingerprint density at radius 1 is 1.28 bits per heavy atom. The van der Waals surface area contributed by atoms with E-state index >= 15 is 0 Å². The molecule has 0 aliphatic carbocycles. The van der Waals surface area contributed by atoms with Gasteiger partial charge >= 0.3 is 0 Å². The summed E-state index contributed by atoms with van der Waals surface area (Å²) in [5, 5.41) is 11.9. The third kappa shape index (κ3) is 2.38. The lowest BCUT2D eigenvalue weighted by molar-refractivity contribution is 0.368. The first-order valence-electron chi connectivity index (χ1n) is 5.87. The van der Waals surface area contributed by atoms with Gasteiger partial charge in [0.15, 0.2) is 0 Å². The van der Waals surface area contributed by atoms with Gasteiger partial charge in [-0.2, -0.15) is 10.2 Å². The van der Waals surface area contributed by atoms with Gasteiger partial charge in [-0.3, -0.25) is 4.68 Å². The lowest BCUT2D eigenvalue weighted by Crippen LogP contribution is -2.16. The van der Waals surface area contributed by atoms with Crippen molar-refractivity contribution >= 4 is 0 Å². The fourth-order valence-corrected chi connectivity index (χ4v) is 2.03. The third-order valence-corrected chi connectivity index (χ3v) is 3.01. The second-order valence-corrected chi connectivity index (χ2v) is 4.25. The van der Waals surface area contributed by atoms with Crippen LogP contribution in [0.25, 0.3) is 0 Å². The zero-order chi connectivity index (χ0) is 13.1. The summed E-state index contributed by atoms with van der Waals surface area (Å²) < 4.78 is 8.97. The summed E-state index contributed by atoms with van der Waals surface area (Å²) in [7, 11) is 5.49. The molecule has 0 radical (unpaired) electrons. The van der Waals surface area contributed by atoms with Crippen molar-refractivity contribution in [3.05, 3.63) is 29.2 Å². The van der Waals surface area contributed by atoms with Gasteiger partial charge < -0.3 is 10.1 Å². The number of nitrogens with zero attached hydrogens (tertiary/aromatic N) is 4. The fourth-order valence-electron chi connectivity index (χ4n) is 2.03. The number of rotatable bonds is 5. The van der Waals surface area contributed by atoms with Gasteiger partial charge in [-0.25, -0.2) is 4.68 Å². The molecule has 0 aliphatic heterocycles. The Bertz CT molecular complexity index is 529. The van der Waals surface area contributed by atoms with E-state index in [0.717, 1.165) is 35.9 Å². The highest BCUT2D eigenvalue weighted by atomic mass is 16.5. The largest absolute Gasteiger partial charge is 0.481 e. The molecule has 0 aliphatic rings. The Hall–Kier alpha value is -1.82. The van der Waals surface area contributed by atoms with Crippen LogP contribution in [0.15, 0.2) is 12.3 Å². The average Bonchev–Trinajstić information content (AvgIpc) is 2.84. The molecule has 2 rings (SSSR count). The molecule has 0 fully saturated rings. The molecule has 0 amide bonds. The van der Waals surface area contributed by atoms with E-state index in [9.17, 15) is 0 Å². The van der Waals surface area contributed by atoms with Crippen LogP contribution in [0.4, 0.5) is 0 Å². The Labute approximate surface area is 107 Å². The minimum Gasteiger partial charge on any atom is -0.481 e. The summed E-state index contributed by atoms with van der Waals surface area (Å²) in [5.41, 5.74) is 3.24. The average molecular weight is 249 g/mol. The number of aromatic nitrogens is 4. The molecular formula is C12H19N5O. The van der Waals surface area contributed by atoms with E-state index in [1.54, 1.807) is 18.0 Å². The van der Waals surface area contributed by atoms with Gasteiger partial charge in [0.05, 0.1) is 24.1 Å². The highest BCUT2D eigenvalue weighted by Crippen LogP contribution is 2.20. The molecule has 6 heteroatoms. The second-order valence-electron chi connectivity index (χ2n) is 4.25. The molecular weight excluding hydrogens is 230 g/mol. The van der Waals surface area contributed by atoms with Gasteiger partial charge in [0.2, 0.25) is 5.88 Å². The molecule has 6 nitrogen and oxygen atoms in total. The number of hydrogen-bond donors (Lipinski definition) is 1. The van der Waals surface area contributed by atoms with Crippen LogP contribution in [-0.4, -0.2) is 26.7 Å². The Balaban J connectivity index is 2.00. The minimum atomic E-state index is 0.730. The Morgan fingerprint density at radius 3 is 2.67 bits per heavy atom. The number of methoxy groups -OCH3 is 1. The normalized spacial score (nSPS) is 10.9. The molecule has 2 aromatic rings. The van der Waals surface area contributed by atoms with E-state index in [2.05, 4.69) is 15.5 Å². The van der Waals surface area contributed by atoms with E-state index in [0.29, 0.717) is 0 Å². The quantitative estimate of drug-likeness (QED) is 0.850. The number of aryl methyl sites for hydroxylation is 3. The van der Waals surface area contributed by atoms with Crippen LogP contribution in [0.5, 0.6) is 5.88 Å². The van der Waals surface area contributed by atoms with Crippen molar-refractivity contribution in [1.82, 2.24) is 24.9 Å². The maximum Gasteiger partial charge on any atom is 0.216 e. The monoisotopic (exact) mass is 249 g/mol. The zero-order valence-corrected chi connectivity index (χ0v) is 11.3. The SMILES string of the molecule is COc1c(CNCc2ccnn2C)c(C)nn1C. The number of hydrogen-bond acceptors (Lipinski definition) is 4. The van der Waals surface area contributed by atoms with Crippen LogP contribution in [0.1, 0.15) is 17.0 Å². The minimum absolute atomic E-state index is 0.730. The lowest BCUT2D eigenvalue weighted by atomic mass is 10.2. The van der Waals surface area contributed by atoms with E-state index in [1.165, 1.54) is 0 Å². The summed E-state index contributed by atoms with van der Waals surface area (Å²) in [6, 6.07) is 2.00. The third-order valence-electron chi connectivity index (χ3n) is 3.01. The van der Waals surface area contributed by atoms with Crippen molar-refractivity contribution in [2.75, 3.05) is 7.11 Å². The molecule has 0 aromatic carbocycles. The molecule has 2 heterocycles. The molecule has 2 aromatic heterocycles.